The Bertz CT molecular complexity index is 533. The molecule has 0 aliphatic carbocycles. The van der Waals surface area contributed by atoms with Gasteiger partial charge in [-0.25, -0.2) is 4.79 Å². The minimum atomic E-state index is 0.00241. The zero-order chi connectivity index (χ0) is 16.2. The Morgan fingerprint density at radius 2 is 2.00 bits per heavy atom. The number of rotatable bonds is 3. The van der Waals surface area contributed by atoms with Crippen molar-refractivity contribution < 1.29 is 4.79 Å². The van der Waals surface area contributed by atoms with Gasteiger partial charge in [-0.2, -0.15) is 16.9 Å². The number of aromatic nitrogens is 2. The largest absolute Gasteiger partial charge is 0.322 e. The molecule has 0 saturated carbocycles. The molecule has 7 heteroatoms. The third kappa shape index (κ3) is 4.01. The zero-order valence-electron chi connectivity index (χ0n) is 14.1. The predicted octanol–water partition coefficient (Wildman–Crippen LogP) is 2.26. The van der Waals surface area contributed by atoms with Gasteiger partial charge in [0.05, 0.1) is 11.4 Å². The molecule has 0 radical (unpaired) electrons. The standard InChI is InChI=1S/C16H27N5OS/c1-3-21-12-15(13(2)18-21)17-16(22)20-8-6-19(7-9-20)14-4-10-23-11-5-14/h12,14H,3-11H2,1-2H3,(H,17,22). The van der Waals surface area contributed by atoms with Gasteiger partial charge in [0.15, 0.2) is 0 Å². The summed E-state index contributed by atoms with van der Waals surface area (Å²) in [6.45, 7) is 8.41. The maximum absolute atomic E-state index is 12.5. The molecule has 0 bridgehead atoms. The van der Waals surface area contributed by atoms with E-state index >= 15 is 0 Å². The number of anilines is 1. The van der Waals surface area contributed by atoms with Crippen LogP contribution in [0.25, 0.3) is 0 Å². The second-order valence-electron chi connectivity index (χ2n) is 6.28. The molecule has 23 heavy (non-hydrogen) atoms. The highest BCUT2D eigenvalue weighted by Crippen LogP contribution is 2.23. The molecule has 0 spiro atoms. The van der Waals surface area contributed by atoms with Crippen molar-refractivity contribution in [2.24, 2.45) is 0 Å². The van der Waals surface area contributed by atoms with Crippen LogP contribution in [0.5, 0.6) is 0 Å². The van der Waals surface area contributed by atoms with E-state index in [-0.39, 0.29) is 6.03 Å². The minimum absolute atomic E-state index is 0.00241. The summed E-state index contributed by atoms with van der Waals surface area (Å²) in [6, 6.07) is 0.731. The summed E-state index contributed by atoms with van der Waals surface area (Å²) in [5.41, 5.74) is 1.70. The Labute approximate surface area is 142 Å². The van der Waals surface area contributed by atoms with Gasteiger partial charge in [-0.15, -0.1) is 0 Å². The van der Waals surface area contributed by atoms with Crippen LogP contribution in [0.3, 0.4) is 0 Å². The van der Waals surface area contributed by atoms with Crippen molar-refractivity contribution in [2.45, 2.75) is 39.3 Å². The van der Waals surface area contributed by atoms with Crippen LogP contribution in [0, 0.1) is 6.92 Å². The molecule has 6 nitrogen and oxygen atoms in total. The molecule has 0 aromatic carbocycles. The normalized spacial score (nSPS) is 20.7. The van der Waals surface area contributed by atoms with E-state index in [1.165, 1.54) is 24.3 Å². The Kier molecular flexibility index (Phi) is 5.48. The third-order valence-corrected chi connectivity index (χ3v) is 5.87. The fraction of sp³-hybridized carbons (Fsp3) is 0.750. The quantitative estimate of drug-likeness (QED) is 0.919. The van der Waals surface area contributed by atoms with E-state index < -0.39 is 0 Å². The first-order valence-corrected chi connectivity index (χ1v) is 9.74. The second-order valence-corrected chi connectivity index (χ2v) is 7.51. The molecule has 2 aliphatic rings. The van der Waals surface area contributed by atoms with Crippen molar-refractivity contribution in [1.29, 1.82) is 0 Å². The van der Waals surface area contributed by atoms with Gasteiger partial charge in [-0.1, -0.05) is 0 Å². The number of hydrogen-bond donors (Lipinski definition) is 1. The lowest BCUT2D eigenvalue weighted by molar-refractivity contribution is 0.108. The summed E-state index contributed by atoms with van der Waals surface area (Å²) in [7, 11) is 0. The van der Waals surface area contributed by atoms with E-state index in [0.29, 0.717) is 0 Å². The van der Waals surface area contributed by atoms with Gasteiger partial charge in [0.1, 0.15) is 0 Å². The molecule has 2 amide bonds. The second kappa shape index (κ2) is 7.57. The molecule has 0 unspecified atom stereocenters. The Hall–Kier alpha value is -1.21. The molecule has 1 aromatic rings. The van der Waals surface area contributed by atoms with Crippen molar-refractivity contribution in [1.82, 2.24) is 19.6 Å². The molecule has 3 rings (SSSR count). The lowest BCUT2D eigenvalue weighted by Gasteiger charge is -2.40. The Morgan fingerprint density at radius 1 is 1.30 bits per heavy atom. The Balaban J connectivity index is 1.50. The molecule has 3 heterocycles. The van der Waals surface area contributed by atoms with E-state index in [1.54, 1.807) is 0 Å². The molecule has 1 N–H and O–H groups in total. The summed E-state index contributed by atoms with van der Waals surface area (Å²) >= 11 is 2.07. The van der Waals surface area contributed by atoms with Crippen molar-refractivity contribution in [3.63, 3.8) is 0 Å². The van der Waals surface area contributed by atoms with Crippen LogP contribution in [0.2, 0.25) is 0 Å². The number of thioether (sulfide) groups is 1. The minimum Gasteiger partial charge on any atom is -0.322 e. The Morgan fingerprint density at radius 3 is 2.61 bits per heavy atom. The van der Waals surface area contributed by atoms with Gasteiger partial charge in [0.2, 0.25) is 0 Å². The topological polar surface area (TPSA) is 53.4 Å². The van der Waals surface area contributed by atoms with Crippen LogP contribution in [0.4, 0.5) is 10.5 Å². The van der Waals surface area contributed by atoms with Gasteiger partial charge in [0, 0.05) is 45.0 Å². The van der Waals surface area contributed by atoms with Crippen molar-refractivity contribution in [3.8, 4) is 0 Å². The molecule has 2 aliphatic heterocycles. The summed E-state index contributed by atoms with van der Waals surface area (Å²) in [6.07, 6.45) is 4.50. The SMILES string of the molecule is CCn1cc(NC(=O)N2CCN(C3CCSCC3)CC2)c(C)n1. The first kappa shape index (κ1) is 16.6. The van der Waals surface area contributed by atoms with Gasteiger partial charge in [-0.3, -0.25) is 9.58 Å². The van der Waals surface area contributed by atoms with Crippen LogP contribution in [0.15, 0.2) is 6.20 Å². The van der Waals surface area contributed by atoms with Gasteiger partial charge < -0.3 is 10.2 Å². The van der Waals surface area contributed by atoms with E-state index in [9.17, 15) is 4.79 Å². The highest BCUT2D eigenvalue weighted by Gasteiger charge is 2.27. The molecular formula is C16H27N5OS. The number of aryl methyl sites for hydroxylation is 2. The highest BCUT2D eigenvalue weighted by atomic mass is 32.2. The zero-order valence-corrected chi connectivity index (χ0v) is 14.9. The maximum atomic E-state index is 12.5. The van der Waals surface area contributed by atoms with E-state index in [1.807, 2.05) is 29.6 Å². The average molecular weight is 337 g/mol. The number of carbonyl (C=O) groups excluding carboxylic acids is 1. The fourth-order valence-electron chi connectivity index (χ4n) is 3.34. The molecular weight excluding hydrogens is 310 g/mol. The van der Waals surface area contributed by atoms with Crippen LogP contribution in [-0.2, 0) is 6.54 Å². The molecule has 1 aromatic heterocycles. The fourth-order valence-corrected chi connectivity index (χ4v) is 4.42. The molecule has 0 atom stereocenters. The first-order chi connectivity index (χ1) is 11.2. The van der Waals surface area contributed by atoms with Gasteiger partial charge in [0.25, 0.3) is 0 Å². The summed E-state index contributed by atoms with van der Waals surface area (Å²) in [5.74, 6) is 2.57. The highest BCUT2D eigenvalue weighted by molar-refractivity contribution is 7.99. The number of amides is 2. The number of nitrogens with one attached hydrogen (secondary N) is 1. The summed E-state index contributed by atoms with van der Waals surface area (Å²) < 4.78 is 1.85. The van der Waals surface area contributed by atoms with Crippen LogP contribution in [0.1, 0.15) is 25.5 Å². The molecule has 2 fully saturated rings. The first-order valence-electron chi connectivity index (χ1n) is 8.59. The van der Waals surface area contributed by atoms with E-state index in [2.05, 4.69) is 27.1 Å². The summed E-state index contributed by atoms with van der Waals surface area (Å²) in [4.78, 5) is 17.0. The number of nitrogens with zero attached hydrogens (tertiary/aromatic N) is 4. The number of urea groups is 1. The molecule has 2 saturated heterocycles. The lowest BCUT2D eigenvalue weighted by atomic mass is 10.1. The van der Waals surface area contributed by atoms with Gasteiger partial charge in [-0.05, 0) is 38.2 Å². The van der Waals surface area contributed by atoms with Crippen LogP contribution in [-0.4, -0.2) is 69.3 Å². The monoisotopic (exact) mass is 337 g/mol. The third-order valence-electron chi connectivity index (χ3n) is 4.82. The molecule has 128 valence electrons. The number of piperazine rings is 1. The lowest BCUT2D eigenvalue weighted by Crippen LogP contribution is -2.53. The smallest absolute Gasteiger partial charge is 0.322 e. The van der Waals surface area contributed by atoms with E-state index in [4.69, 9.17) is 0 Å². The summed E-state index contributed by atoms with van der Waals surface area (Å²) in [5, 5.41) is 7.38. The van der Waals surface area contributed by atoms with Gasteiger partial charge >= 0.3 is 6.03 Å². The maximum Gasteiger partial charge on any atom is 0.322 e. The average Bonchev–Trinajstić information content (AvgIpc) is 2.96. The van der Waals surface area contributed by atoms with Crippen LogP contribution < -0.4 is 5.32 Å². The van der Waals surface area contributed by atoms with Crippen molar-refractivity contribution in [2.75, 3.05) is 43.0 Å². The predicted molar refractivity (Wildman–Crippen MR) is 95.1 cm³/mol. The van der Waals surface area contributed by atoms with Crippen molar-refractivity contribution >= 4 is 23.5 Å². The van der Waals surface area contributed by atoms with E-state index in [0.717, 1.165) is 50.1 Å². The number of carbonyl (C=O) groups is 1. The number of hydrogen-bond acceptors (Lipinski definition) is 4. The van der Waals surface area contributed by atoms with Crippen molar-refractivity contribution in [3.05, 3.63) is 11.9 Å². The van der Waals surface area contributed by atoms with Crippen LogP contribution >= 0.6 is 11.8 Å².